The largest absolute Gasteiger partial charge is 0.297 e. The first-order valence-electron chi connectivity index (χ1n) is 10.6. The second-order valence-electron chi connectivity index (χ2n) is 8.49. The lowest BCUT2D eigenvalue weighted by Gasteiger charge is -2.41. The number of nitriles is 1. The van der Waals surface area contributed by atoms with E-state index in [1.54, 1.807) is 6.07 Å². The van der Waals surface area contributed by atoms with Crippen molar-refractivity contribution in [3.8, 4) is 6.07 Å². The monoisotopic (exact) mass is 396 g/mol. The third-order valence-electron chi connectivity index (χ3n) is 6.41. The molecule has 0 aromatic heterocycles. The predicted octanol–water partition coefficient (Wildman–Crippen LogP) is 6.22. The molecule has 29 heavy (non-hydrogen) atoms. The Morgan fingerprint density at radius 1 is 1.10 bits per heavy atom. The number of hydrogen-bond donors (Lipinski definition) is 0. The summed E-state index contributed by atoms with van der Waals surface area (Å²) in [6.07, 6.45) is 4.56. The summed E-state index contributed by atoms with van der Waals surface area (Å²) in [4.78, 5) is 2.41. The van der Waals surface area contributed by atoms with Crippen molar-refractivity contribution in [3.05, 3.63) is 71.3 Å². The van der Waals surface area contributed by atoms with Crippen LogP contribution in [0.25, 0.3) is 0 Å². The molecule has 1 aliphatic carbocycles. The van der Waals surface area contributed by atoms with Crippen LogP contribution >= 0.6 is 0 Å². The SMILES string of the molecule is CC(C)N(CCCC(C#N)(c1ccc(F)c(F)c1)C1CCC1)Cc1ccccc1. The molecule has 2 aromatic carbocycles. The molecule has 0 spiro atoms. The molecule has 1 aliphatic rings. The highest BCUT2D eigenvalue weighted by Crippen LogP contribution is 2.47. The molecule has 2 nitrogen and oxygen atoms in total. The number of benzene rings is 2. The summed E-state index contributed by atoms with van der Waals surface area (Å²) in [5.41, 5.74) is 1.16. The Labute approximate surface area is 173 Å². The van der Waals surface area contributed by atoms with Gasteiger partial charge < -0.3 is 0 Å². The molecule has 1 unspecified atom stereocenters. The van der Waals surface area contributed by atoms with E-state index < -0.39 is 17.0 Å². The molecule has 0 saturated heterocycles. The minimum absolute atomic E-state index is 0.221. The van der Waals surface area contributed by atoms with Crippen LogP contribution in [0.2, 0.25) is 0 Å². The maximum Gasteiger partial charge on any atom is 0.159 e. The molecular weight excluding hydrogens is 366 g/mol. The Balaban J connectivity index is 1.74. The second-order valence-corrected chi connectivity index (χ2v) is 8.49. The van der Waals surface area contributed by atoms with E-state index in [0.717, 1.165) is 44.8 Å². The van der Waals surface area contributed by atoms with Crippen molar-refractivity contribution in [2.75, 3.05) is 6.54 Å². The Morgan fingerprint density at radius 3 is 2.38 bits per heavy atom. The highest BCUT2D eigenvalue weighted by atomic mass is 19.2. The third kappa shape index (κ3) is 4.85. The van der Waals surface area contributed by atoms with Crippen LogP contribution in [0.3, 0.4) is 0 Å². The molecule has 2 aromatic rings. The summed E-state index contributed by atoms with van der Waals surface area (Å²) in [5, 5.41) is 10.2. The van der Waals surface area contributed by atoms with Gasteiger partial charge in [-0.25, -0.2) is 8.78 Å². The van der Waals surface area contributed by atoms with Gasteiger partial charge in [-0.05, 0) is 75.3 Å². The quantitative estimate of drug-likeness (QED) is 0.503. The van der Waals surface area contributed by atoms with Crippen LogP contribution in [0.4, 0.5) is 8.78 Å². The van der Waals surface area contributed by atoms with Gasteiger partial charge in [0.15, 0.2) is 11.6 Å². The highest BCUT2D eigenvalue weighted by Gasteiger charge is 2.43. The molecule has 1 atom stereocenters. The molecule has 0 N–H and O–H groups in total. The summed E-state index contributed by atoms with van der Waals surface area (Å²) in [6, 6.07) is 17.3. The van der Waals surface area contributed by atoms with Crippen molar-refractivity contribution in [1.29, 1.82) is 5.26 Å². The van der Waals surface area contributed by atoms with Gasteiger partial charge in [-0.2, -0.15) is 5.26 Å². The van der Waals surface area contributed by atoms with E-state index in [4.69, 9.17) is 0 Å². The molecule has 3 rings (SSSR count). The summed E-state index contributed by atoms with van der Waals surface area (Å²) < 4.78 is 27.4. The maximum atomic E-state index is 13.9. The molecule has 0 aliphatic heterocycles. The van der Waals surface area contributed by atoms with E-state index in [0.29, 0.717) is 18.0 Å². The topological polar surface area (TPSA) is 27.0 Å². The van der Waals surface area contributed by atoms with Crippen molar-refractivity contribution in [1.82, 2.24) is 4.90 Å². The van der Waals surface area contributed by atoms with Crippen LogP contribution in [0.5, 0.6) is 0 Å². The van der Waals surface area contributed by atoms with Gasteiger partial charge in [0.2, 0.25) is 0 Å². The normalized spacial score (nSPS) is 16.4. The van der Waals surface area contributed by atoms with E-state index >= 15 is 0 Å². The molecule has 4 heteroatoms. The molecule has 154 valence electrons. The molecule has 0 heterocycles. The van der Waals surface area contributed by atoms with Gasteiger partial charge in [-0.3, -0.25) is 4.90 Å². The first-order valence-corrected chi connectivity index (χ1v) is 10.6. The number of halogens is 2. The fourth-order valence-corrected chi connectivity index (χ4v) is 4.37. The van der Waals surface area contributed by atoms with E-state index in [-0.39, 0.29) is 5.92 Å². The van der Waals surface area contributed by atoms with Gasteiger partial charge >= 0.3 is 0 Å². The lowest BCUT2D eigenvalue weighted by atomic mass is 9.61. The maximum absolute atomic E-state index is 13.9. The first-order chi connectivity index (χ1) is 14.0. The van der Waals surface area contributed by atoms with Gasteiger partial charge in [-0.1, -0.05) is 42.8 Å². The van der Waals surface area contributed by atoms with Crippen molar-refractivity contribution >= 4 is 0 Å². The molecular formula is C25H30F2N2. The van der Waals surface area contributed by atoms with Crippen molar-refractivity contribution in [3.63, 3.8) is 0 Å². The first kappa shape index (κ1) is 21.5. The summed E-state index contributed by atoms with van der Waals surface area (Å²) in [6.45, 7) is 6.10. The minimum atomic E-state index is -0.866. The third-order valence-corrected chi connectivity index (χ3v) is 6.41. The summed E-state index contributed by atoms with van der Waals surface area (Å²) in [7, 11) is 0. The zero-order valence-electron chi connectivity index (χ0n) is 17.4. The van der Waals surface area contributed by atoms with Crippen LogP contribution in [0, 0.1) is 28.9 Å². The fraction of sp³-hybridized carbons (Fsp3) is 0.480. The second kappa shape index (κ2) is 9.50. The van der Waals surface area contributed by atoms with Crippen molar-refractivity contribution in [2.45, 2.75) is 64.0 Å². The van der Waals surface area contributed by atoms with E-state index in [1.165, 1.54) is 11.6 Å². The Kier molecular flexibility index (Phi) is 7.03. The molecule has 0 radical (unpaired) electrons. The van der Waals surface area contributed by atoms with Crippen molar-refractivity contribution in [2.24, 2.45) is 5.92 Å². The molecule has 1 fully saturated rings. The Morgan fingerprint density at radius 2 is 1.83 bits per heavy atom. The fourth-order valence-electron chi connectivity index (χ4n) is 4.37. The molecule has 0 amide bonds. The summed E-state index contributed by atoms with van der Waals surface area (Å²) in [5.74, 6) is -1.50. The number of hydrogen-bond acceptors (Lipinski definition) is 2. The summed E-state index contributed by atoms with van der Waals surface area (Å²) >= 11 is 0. The van der Waals surface area contributed by atoms with Gasteiger partial charge in [0.1, 0.15) is 0 Å². The van der Waals surface area contributed by atoms with E-state index in [1.807, 2.05) is 18.2 Å². The average Bonchev–Trinajstić information content (AvgIpc) is 2.67. The van der Waals surface area contributed by atoms with Crippen LogP contribution in [0.1, 0.15) is 57.1 Å². The smallest absolute Gasteiger partial charge is 0.159 e. The average molecular weight is 397 g/mol. The number of rotatable bonds is 9. The van der Waals surface area contributed by atoms with Crippen LogP contribution in [-0.2, 0) is 12.0 Å². The van der Waals surface area contributed by atoms with E-state index in [2.05, 4.69) is 36.9 Å². The Bertz CT molecular complexity index is 840. The highest BCUT2D eigenvalue weighted by molar-refractivity contribution is 5.35. The zero-order chi connectivity index (χ0) is 20.9. The zero-order valence-corrected chi connectivity index (χ0v) is 17.4. The lowest BCUT2D eigenvalue weighted by Crippen LogP contribution is -2.39. The van der Waals surface area contributed by atoms with Crippen molar-refractivity contribution < 1.29 is 8.78 Å². The standard InChI is InChI=1S/C25H30F2N2/c1-19(2)29(17-20-8-4-3-5-9-20)15-7-14-25(18-28,21-10-6-11-21)22-12-13-23(26)24(27)16-22/h3-5,8-9,12-13,16,19,21H,6-7,10-11,14-15,17H2,1-2H3. The van der Waals surface area contributed by atoms with Crippen LogP contribution < -0.4 is 0 Å². The van der Waals surface area contributed by atoms with E-state index in [9.17, 15) is 14.0 Å². The number of nitrogens with zero attached hydrogens (tertiary/aromatic N) is 2. The van der Waals surface area contributed by atoms with Crippen LogP contribution in [-0.4, -0.2) is 17.5 Å². The molecule has 1 saturated carbocycles. The van der Waals surface area contributed by atoms with Crippen LogP contribution in [0.15, 0.2) is 48.5 Å². The predicted molar refractivity (Wildman–Crippen MR) is 112 cm³/mol. The minimum Gasteiger partial charge on any atom is -0.297 e. The van der Waals surface area contributed by atoms with Gasteiger partial charge in [0.05, 0.1) is 11.5 Å². The van der Waals surface area contributed by atoms with Gasteiger partial charge in [-0.15, -0.1) is 0 Å². The Hall–Kier alpha value is -2.25. The molecule has 0 bridgehead atoms. The lowest BCUT2D eigenvalue weighted by molar-refractivity contribution is 0.169. The van der Waals surface area contributed by atoms with Gasteiger partial charge in [0, 0.05) is 12.6 Å². The van der Waals surface area contributed by atoms with Gasteiger partial charge in [0.25, 0.3) is 0 Å².